The molecule has 1 aliphatic heterocycles. The molecule has 1 saturated heterocycles. The van der Waals surface area contributed by atoms with E-state index in [2.05, 4.69) is 13.0 Å². The zero-order valence-electron chi connectivity index (χ0n) is 11.2. The number of hydrogen-bond acceptors (Lipinski definition) is 3. The molecule has 0 spiro atoms. The Kier molecular flexibility index (Phi) is 4.03. The number of ether oxygens (including phenoxy) is 1. The molecule has 0 saturated carbocycles. The lowest BCUT2D eigenvalue weighted by Gasteiger charge is -2.39. The van der Waals surface area contributed by atoms with Crippen LogP contribution in [0.25, 0.3) is 0 Å². The number of piperidine rings is 1. The molecule has 0 radical (unpaired) electrons. The third kappa shape index (κ3) is 4.26. The fourth-order valence-electron chi connectivity index (χ4n) is 2.13. The molecular weight excluding hydrogens is 216 g/mol. The second-order valence-electron chi connectivity index (χ2n) is 6.15. The van der Waals surface area contributed by atoms with Crippen LogP contribution in [0.15, 0.2) is 0 Å². The van der Waals surface area contributed by atoms with Crippen LogP contribution in [-0.4, -0.2) is 29.7 Å². The van der Waals surface area contributed by atoms with Crippen molar-refractivity contribution < 1.29 is 9.53 Å². The van der Waals surface area contributed by atoms with Crippen LogP contribution < -0.4 is 0 Å². The minimum absolute atomic E-state index is 0.0795. The molecule has 17 heavy (non-hydrogen) atoms. The van der Waals surface area contributed by atoms with Crippen molar-refractivity contribution in [3.8, 4) is 6.07 Å². The Morgan fingerprint density at radius 2 is 2.18 bits per heavy atom. The number of likely N-dealkylation sites (tertiary alicyclic amines) is 1. The molecule has 4 nitrogen and oxygen atoms in total. The van der Waals surface area contributed by atoms with Crippen LogP contribution in [0.4, 0.5) is 4.79 Å². The van der Waals surface area contributed by atoms with Crippen molar-refractivity contribution in [2.75, 3.05) is 13.1 Å². The van der Waals surface area contributed by atoms with Gasteiger partial charge in [0.25, 0.3) is 0 Å². The summed E-state index contributed by atoms with van der Waals surface area (Å²) in [5.41, 5.74) is -0.538. The number of carbonyl (C=O) groups excluding carboxylic acids is 1. The van der Waals surface area contributed by atoms with Gasteiger partial charge in [0.05, 0.1) is 6.07 Å². The van der Waals surface area contributed by atoms with E-state index in [1.54, 1.807) is 4.90 Å². The first kappa shape index (κ1) is 13.8. The van der Waals surface area contributed by atoms with Gasteiger partial charge in [-0.25, -0.2) is 4.79 Å². The minimum Gasteiger partial charge on any atom is -0.444 e. The highest BCUT2D eigenvalue weighted by atomic mass is 16.6. The molecule has 1 unspecified atom stereocenters. The highest BCUT2D eigenvalue weighted by molar-refractivity contribution is 5.68. The maximum Gasteiger partial charge on any atom is 0.410 e. The summed E-state index contributed by atoms with van der Waals surface area (Å²) in [5.74, 6) is 0. The lowest BCUT2D eigenvalue weighted by atomic mass is 9.79. The van der Waals surface area contributed by atoms with Gasteiger partial charge in [-0.15, -0.1) is 0 Å². The van der Waals surface area contributed by atoms with E-state index in [1.165, 1.54) is 0 Å². The van der Waals surface area contributed by atoms with Crippen LogP contribution in [0.5, 0.6) is 0 Å². The van der Waals surface area contributed by atoms with Crippen LogP contribution in [0.2, 0.25) is 0 Å². The highest BCUT2D eigenvalue weighted by Crippen LogP contribution is 2.33. The number of amides is 1. The lowest BCUT2D eigenvalue weighted by molar-refractivity contribution is 0.00727. The summed E-state index contributed by atoms with van der Waals surface area (Å²) in [7, 11) is 0. The van der Waals surface area contributed by atoms with E-state index >= 15 is 0 Å². The van der Waals surface area contributed by atoms with E-state index in [0.717, 1.165) is 19.4 Å². The Balaban J connectivity index is 2.61. The van der Waals surface area contributed by atoms with Gasteiger partial charge in [0.2, 0.25) is 0 Å². The van der Waals surface area contributed by atoms with Crippen LogP contribution in [0.1, 0.15) is 47.0 Å². The largest absolute Gasteiger partial charge is 0.444 e. The molecule has 0 aromatic rings. The molecule has 0 bridgehead atoms. The molecule has 0 aliphatic carbocycles. The number of carbonyl (C=O) groups is 1. The van der Waals surface area contributed by atoms with Crippen molar-refractivity contribution in [1.82, 2.24) is 4.90 Å². The smallest absolute Gasteiger partial charge is 0.410 e. The molecule has 1 amide bonds. The van der Waals surface area contributed by atoms with E-state index in [0.29, 0.717) is 13.0 Å². The Morgan fingerprint density at radius 1 is 1.53 bits per heavy atom. The maximum atomic E-state index is 11.9. The molecular formula is C13H22N2O2. The zero-order chi connectivity index (χ0) is 13.1. The molecule has 1 aliphatic rings. The van der Waals surface area contributed by atoms with E-state index in [4.69, 9.17) is 10.00 Å². The van der Waals surface area contributed by atoms with Crippen molar-refractivity contribution in [3.63, 3.8) is 0 Å². The summed E-state index contributed by atoms with van der Waals surface area (Å²) in [6.07, 6.45) is 2.17. The molecule has 1 heterocycles. The van der Waals surface area contributed by atoms with Gasteiger partial charge in [-0.05, 0) is 39.0 Å². The van der Waals surface area contributed by atoms with Crippen LogP contribution in [-0.2, 0) is 4.74 Å². The van der Waals surface area contributed by atoms with Crippen molar-refractivity contribution in [2.45, 2.75) is 52.6 Å². The van der Waals surface area contributed by atoms with E-state index in [9.17, 15) is 4.79 Å². The van der Waals surface area contributed by atoms with Crippen molar-refractivity contribution in [3.05, 3.63) is 0 Å². The van der Waals surface area contributed by atoms with E-state index < -0.39 is 5.60 Å². The quantitative estimate of drug-likeness (QED) is 0.705. The second kappa shape index (κ2) is 4.95. The predicted molar refractivity (Wildman–Crippen MR) is 65.4 cm³/mol. The van der Waals surface area contributed by atoms with E-state index in [1.807, 2.05) is 20.8 Å². The molecule has 1 fully saturated rings. The minimum atomic E-state index is -0.458. The fraction of sp³-hybridized carbons (Fsp3) is 0.846. The van der Waals surface area contributed by atoms with Gasteiger partial charge in [0.15, 0.2) is 0 Å². The van der Waals surface area contributed by atoms with Crippen molar-refractivity contribution in [2.24, 2.45) is 5.41 Å². The highest BCUT2D eigenvalue weighted by Gasteiger charge is 2.34. The molecule has 4 heteroatoms. The fourth-order valence-corrected chi connectivity index (χ4v) is 2.13. The third-order valence-electron chi connectivity index (χ3n) is 2.94. The summed E-state index contributed by atoms with van der Waals surface area (Å²) in [6, 6.07) is 2.21. The Morgan fingerprint density at radius 3 is 2.71 bits per heavy atom. The van der Waals surface area contributed by atoms with Gasteiger partial charge in [0, 0.05) is 19.5 Å². The lowest BCUT2D eigenvalue weighted by Crippen LogP contribution is -2.46. The standard InChI is InChI=1S/C13H22N2O2/c1-12(2,3)17-11(16)15-9-5-6-13(4,10-15)7-8-14/h5-7,9-10H2,1-4H3. The Bertz CT molecular complexity index is 327. The Labute approximate surface area is 104 Å². The zero-order valence-corrected chi connectivity index (χ0v) is 11.2. The van der Waals surface area contributed by atoms with Crippen molar-refractivity contribution >= 4 is 6.09 Å². The van der Waals surface area contributed by atoms with Gasteiger partial charge in [0.1, 0.15) is 5.60 Å². The summed E-state index contributed by atoms with van der Waals surface area (Å²) in [5, 5.41) is 8.81. The van der Waals surface area contributed by atoms with Gasteiger partial charge in [-0.2, -0.15) is 5.26 Å². The first-order valence-corrected chi connectivity index (χ1v) is 6.11. The second-order valence-corrected chi connectivity index (χ2v) is 6.15. The first-order valence-electron chi connectivity index (χ1n) is 6.11. The molecule has 1 rings (SSSR count). The Hall–Kier alpha value is -1.24. The summed E-state index contributed by atoms with van der Waals surface area (Å²) in [4.78, 5) is 13.7. The number of rotatable bonds is 1. The van der Waals surface area contributed by atoms with Gasteiger partial charge < -0.3 is 9.64 Å². The molecule has 1 atom stereocenters. The molecule has 0 N–H and O–H groups in total. The van der Waals surface area contributed by atoms with Crippen molar-refractivity contribution in [1.29, 1.82) is 5.26 Å². The molecule has 0 aromatic carbocycles. The van der Waals surface area contributed by atoms with Gasteiger partial charge in [-0.3, -0.25) is 0 Å². The third-order valence-corrected chi connectivity index (χ3v) is 2.94. The van der Waals surface area contributed by atoms with E-state index in [-0.39, 0.29) is 11.5 Å². The van der Waals surface area contributed by atoms with Crippen LogP contribution in [0, 0.1) is 16.7 Å². The summed E-state index contributed by atoms with van der Waals surface area (Å²) >= 11 is 0. The van der Waals surface area contributed by atoms with Gasteiger partial charge in [-0.1, -0.05) is 6.92 Å². The van der Waals surface area contributed by atoms with Crippen LogP contribution in [0.3, 0.4) is 0 Å². The first-order chi connectivity index (χ1) is 7.76. The average molecular weight is 238 g/mol. The molecule has 0 aromatic heterocycles. The topological polar surface area (TPSA) is 53.3 Å². The average Bonchev–Trinajstić information content (AvgIpc) is 2.14. The maximum absolute atomic E-state index is 11.9. The number of nitriles is 1. The monoisotopic (exact) mass is 238 g/mol. The number of nitrogens with zero attached hydrogens (tertiary/aromatic N) is 2. The summed E-state index contributed by atoms with van der Waals surface area (Å²) < 4.78 is 5.35. The SMILES string of the molecule is CC1(CC#N)CCCN(C(=O)OC(C)(C)C)C1. The molecule has 96 valence electrons. The number of hydrogen-bond donors (Lipinski definition) is 0. The summed E-state index contributed by atoms with van der Waals surface area (Å²) in [6.45, 7) is 9.01. The van der Waals surface area contributed by atoms with Crippen LogP contribution >= 0.6 is 0 Å². The van der Waals surface area contributed by atoms with Gasteiger partial charge >= 0.3 is 6.09 Å². The predicted octanol–water partition coefficient (Wildman–Crippen LogP) is 2.94. The normalized spacial score (nSPS) is 25.2.